The first-order valence-electron chi connectivity index (χ1n) is 5.69. The average molecular weight is 294 g/mol. The molecule has 7 heteroatoms. The van der Waals surface area contributed by atoms with E-state index < -0.39 is 17.3 Å². The molecule has 1 heterocycles. The lowest BCUT2D eigenvalue weighted by atomic mass is 10.1. The fourth-order valence-electron chi connectivity index (χ4n) is 1.65. The van der Waals surface area contributed by atoms with Crippen LogP contribution in [0.4, 0.5) is 13.2 Å². The van der Waals surface area contributed by atoms with Gasteiger partial charge in [0.1, 0.15) is 0 Å². The highest BCUT2D eigenvalue weighted by atomic mass is 32.2. The second-order valence-electron chi connectivity index (χ2n) is 4.53. The van der Waals surface area contributed by atoms with Crippen LogP contribution in [0.2, 0.25) is 0 Å². The summed E-state index contributed by atoms with van der Waals surface area (Å²) in [5.41, 5.74) is -1.76. The molecule has 0 aliphatic heterocycles. The standard InChI is InChI=1S/C12H17F3N2OS/c1-11(18,8-19-2)7-16-6-10-9(12(13,14)15)4-3-5-17-10/h3-5,16,18H,6-8H2,1-2H3. The third kappa shape index (κ3) is 5.38. The molecule has 0 aliphatic carbocycles. The minimum absolute atomic E-state index is 0.0276. The van der Waals surface area contributed by atoms with Crippen LogP contribution in [0.15, 0.2) is 18.3 Å². The number of halogens is 3. The largest absolute Gasteiger partial charge is 0.418 e. The molecule has 1 rings (SSSR count). The predicted molar refractivity (Wildman–Crippen MR) is 70.0 cm³/mol. The van der Waals surface area contributed by atoms with Gasteiger partial charge in [-0.1, -0.05) is 0 Å². The molecule has 1 atom stereocenters. The molecule has 0 radical (unpaired) electrons. The average Bonchev–Trinajstić information content (AvgIpc) is 2.28. The Bertz CT molecular complexity index is 410. The van der Waals surface area contributed by atoms with E-state index in [0.717, 1.165) is 6.07 Å². The molecule has 1 unspecified atom stereocenters. The van der Waals surface area contributed by atoms with Gasteiger partial charge in [-0.15, -0.1) is 0 Å². The molecular weight excluding hydrogens is 277 g/mol. The highest BCUT2D eigenvalue weighted by Crippen LogP contribution is 2.30. The quantitative estimate of drug-likeness (QED) is 0.845. The summed E-state index contributed by atoms with van der Waals surface area (Å²) in [6.07, 6.45) is -1.23. The zero-order valence-electron chi connectivity index (χ0n) is 10.8. The number of pyridine rings is 1. The molecule has 0 saturated heterocycles. The Morgan fingerprint density at radius 2 is 2.11 bits per heavy atom. The van der Waals surface area contributed by atoms with Gasteiger partial charge >= 0.3 is 6.18 Å². The molecule has 0 spiro atoms. The minimum Gasteiger partial charge on any atom is -0.388 e. The van der Waals surface area contributed by atoms with Crippen LogP contribution in [-0.4, -0.2) is 34.2 Å². The Labute approximate surface area is 114 Å². The van der Waals surface area contributed by atoms with Crippen LogP contribution >= 0.6 is 11.8 Å². The smallest absolute Gasteiger partial charge is 0.388 e. The molecule has 0 bridgehead atoms. The lowest BCUT2D eigenvalue weighted by Crippen LogP contribution is -2.40. The van der Waals surface area contributed by atoms with E-state index in [4.69, 9.17) is 0 Å². The first-order valence-corrected chi connectivity index (χ1v) is 7.09. The molecular formula is C12H17F3N2OS. The highest BCUT2D eigenvalue weighted by molar-refractivity contribution is 7.98. The maximum atomic E-state index is 12.7. The topological polar surface area (TPSA) is 45.1 Å². The number of alkyl halides is 3. The normalized spacial score (nSPS) is 15.3. The van der Waals surface area contributed by atoms with Gasteiger partial charge in [-0.25, -0.2) is 0 Å². The second kappa shape index (κ2) is 6.58. The van der Waals surface area contributed by atoms with Crippen molar-refractivity contribution in [3.8, 4) is 0 Å². The van der Waals surface area contributed by atoms with Crippen molar-refractivity contribution in [3.63, 3.8) is 0 Å². The van der Waals surface area contributed by atoms with Crippen LogP contribution in [0.3, 0.4) is 0 Å². The lowest BCUT2D eigenvalue weighted by molar-refractivity contribution is -0.138. The van der Waals surface area contributed by atoms with Crippen molar-refractivity contribution in [3.05, 3.63) is 29.6 Å². The van der Waals surface area contributed by atoms with Gasteiger partial charge in [0, 0.05) is 25.0 Å². The van der Waals surface area contributed by atoms with E-state index in [9.17, 15) is 18.3 Å². The maximum absolute atomic E-state index is 12.7. The fourth-order valence-corrected chi connectivity index (χ4v) is 2.37. The van der Waals surface area contributed by atoms with Crippen molar-refractivity contribution in [2.45, 2.75) is 25.2 Å². The van der Waals surface area contributed by atoms with Crippen LogP contribution in [0.5, 0.6) is 0 Å². The van der Waals surface area contributed by atoms with Gasteiger partial charge in [0.2, 0.25) is 0 Å². The van der Waals surface area contributed by atoms with Crippen molar-refractivity contribution in [1.29, 1.82) is 0 Å². The minimum atomic E-state index is -4.41. The molecule has 0 amide bonds. The summed E-state index contributed by atoms with van der Waals surface area (Å²) in [7, 11) is 0. The summed E-state index contributed by atoms with van der Waals surface area (Å²) in [5.74, 6) is 0.508. The zero-order valence-corrected chi connectivity index (χ0v) is 11.6. The highest BCUT2D eigenvalue weighted by Gasteiger charge is 2.33. The van der Waals surface area contributed by atoms with Crippen LogP contribution in [-0.2, 0) is 12.7 Å². The van der Waals surface area contributed by atoms with Crippen molar-refractivity contribution < 1.29 is 18.3 Å². The Morgan fingerprint density at radius 3 is 2.68 bits per heavy atom. The third-order valence-corrected chi connectivity index (χ3v) is 3.36. The van der Waals surface area contributed by atoms with E-state index in [1.807, 2.05) is 6.26 Å². The van der Waals surface area contributed by atoms with E-state index in [1.54, 1.807) is 6.92 Å². The molecule has 0 aromatic carbocycles. The molecule has 1 aromatic heterocycles. The summed E-state index contributed by atoms with van der Waals surface area (Å²) in [6.45, 7) is 1.82. The van der Waals surface area contributed by atoms with Crippen molar-refractivity contribution in [2.75, 3.05) is 18.6 Å². The molecule has 0 saturated carbocycles. The molecule has 0 aliphatic rings. The number of aromatic nitrogens is 1. The number of nitrogens with zero attached hydrogens (tertiary/aromatic N) is 1. The van der Waals surface area contributed by atoms with Gasteiger partial charge in [0.05, 0.1) is 16.9 Å². The number of hydrogen-bond donors (Lipinski definition) is 2. The number of thioether (sulfide) groups is 1. The number of aliphatic hydroxyl groups is 1. The fraction of sp³-hybridized carbons (Fsp3) is 0.583. The van der Waals surface area contributed by atoms with Crippen LogP contribution in [0.1, 0.15) is 18.2 Å². The number of hydrogen-bond acceptors (Lipinski definition) is 4. The maximum Gasteiger partial charge on any atom is 0.418 e. The first kappa shape index (κ1) is 16.3. The summed E-state index contributed by atoms with van der Waals surface area (Å²) in [4.78, 5) is 3.74. The van der Waals surface area contributed by atoms with E-state index >= 15 is 0 Å². The Morgan fingerprint density at radius 1 is 1.42 bits per heavy atom. The van der Waals surface area contributed by atoms with Crippen molar-refractivity contribution >= 4 is 11.8 Å². The monoisotopic (exact) mass is 294 g/mol. The molecule has 1 aromatic rings. The number of nitrogens with one attached hydrogen (secondary N) is 1. The van der Waals surface area contributed by atoms with Crippen LogP contribution < -0.4 is 5.32 Å². The summed E-state index contributed by atoms with van der Waals surface area (Å²) < 4.78 is 38.1. The SMILES string of the molecule is CSCC(C)(O)CNCc1ncccc1C(F)(F)F. The lowest BCUT2D eigenvalue weighted by Gasteiger charge is -2.22. The van der Waals surface area contributed by atoms with Gasteiger partial charge in [-0.3, -0.25) is 4.98 Å². The van der Waals surface area contributed by atoms with Gasteiger partial charge in [0.15, 0.2) is 0 Å². The van der Waals surface area contributed by atoms with E-state index in [1.165, 1.54) is 24.0 Å². The van der Waals surface area contributed by atoms with Gasteiger partial charge in [0.25, 0.3) is 0 Å². The van der Waals surface area contributed by atoms with E-state index in [-0.39, 0.29) is 18.8 Å². The van der Waals surface area contributed by atoms with Crippen molar-refractivity contribution in [2.24, 2.45) is 0 Å². The third-order valence-electron chi connectivity index (χ3n) is 2.45. The van der Waals surface area contributed by atoms with Crippen LogP contribution in [0, 0.1) is 0 Å². The molecule has 108 valence electrons. The summed E-state index contributed by atoms with van der Waals surface area (Å²) in [6, 6.07) is 2.26. The second-order valence-corrected chi connectivity index (χ2v) is 5.39. The van der Waals surface area contributed by atoms with Gasteiger partial charge in [-0.2, -0.15) is 24.9 Å². The molecule has 19 heavy (non-hydrogen) atoms. The van der Waals surface area contributed by atoms with Crippen LogP contribution in [0.25, 0.3) is 0 Å². The van der Waals surface area contributed by atoms with Gasteiger partial charge < -0.3 is 10.4 Å². The van der Waals surface area contributed by atoms with E-state index in [0.29, 0.717) is 5.75 Å². The first-order chi connectivity index (χ1) is 8.76. The summed E-state index contributed by atoms with van der Waals surface area (Å²) >= 11 is 1.48. The Kier molecular flexibility index (Phi) is 5.64. The Hall–Kier alpha value is -0.790. The van der Waals surface area contributed by atoms with Gasteiger partial charge in [-0.05, 0) is 25.3 Å². The molecule has 3 nitrogen and oxygen atoms in total. The van der Waals surface area contributed by atoms with Crippen molar-refractivity contribution in [1.82, 2.24) is 10.3 Å². The van der Waals surface area contributed by atoms with E-state index in [2.05, 4.69) is 10.3 Å². The Balaban J connectivity index is 2.64. The zero-order chi connectivity index (χ0) is 14.5. The number of rotatable bonds is 6. The predicted octanol–water partition coefficient (Wildman–Crippen LogP) is 2.30. The molecule has 2 N–H and O–H groups in total. The molecule has 0 fully saturated rings. The summed E-state index contributed by atoms with van der Waals surface area (Å²) in [5, 5.41) is 12.7.